The quantitative estimate of drug-likeness (QED) is 0.867. The van der Waals surface area contributed by atoms with Crippen LogP contribution in [0, 0.1) is 5.92 Å². The lowest BCUT2D eigenvalue weighted by molar-refractivity contribution is -0.117. The van der Waals surface area contributed by atoms with E-state index in [4.69, 9.17) is 10.5 Å². The molecule has 3 N–H and O–H groups in total. The number of nitrogens with two attached hydrogens (primary N) is 1. The van der Waals surface area contributed by atoms with Crippen molar-refractivity contribution in [3.63, 3.8) is 0 Å². The number of carbonyl (C=O) groups is 2. The van der Waals surface area contributed by atoms with Gasteiger partial charge in [0.15, 0.2) is 0 Å². The van der Waals surface area contributed by atoms with Gasteiger partial charge in [0, 0.05) is 37.2 Å². The van der Waals surface area contributed by atoms with Gasteiger partial charge in [-0.25, -0.2) is 0 Å². The maximum absolute atomic E-state index is 12.2. The van der Waals surface area contributed by atoms with Gasteiger partial charge in [-0.05, 0) is 37.3 Å². The van der Waals surface area contributed by atoms with Crippen molar-refractivity contribution in [3.05, 3.63) is 18.2 Å². The summed E-state index contributed by atoms with van der Waals surface area (Å²) in [5.41, 5.74) is 7.47. The molecule has 1 heterocycles. The van der Waals surface area contributed by atoms with Gasteiger partial charge < -0.3 is 20.7 Å². The molecule has 1 aromatic carbocycles. The van der Waals surface area contributed by atoms with Crippen LogP contribution in [-0.4, -0.2) is 31.5 Å². The van der Waals surface area contributed by atoms with Gasteiger partial charge in [0.25, 0.3) is 0 Å². The van der Waals surface area contributed by atoms with E-state index >= 15 is 0 Å². The molecule has 1 aromatic rings. The molecule has 1 saturated heterocycles. The molecule has 6 heteroatoms. The lowest BCUT2D eigenvalue weighted by Crippen LogP contribution is -2.28. The van der Waals surface area contributed by atoms with Gasteiger partial charge in [-0.3, -0.25) is 9.59 Å². The molecule has 1 aliphatic heterocycles. The number of rotatable bonds is 5. The molecule has 2 aliphatic rings. The van der Waals surface area contributed by atoms with Crippen molar-refractivity contribution in [2.45, 2.75) is 44.6 Å². The average molecular weight is 331 g/mol. The summed E-state index contributed by atoms with van der Waals surface area (Å²) in [4.78, 5) is 25.9. The van der Waals surface area contributed by atoms with Gasteiger partial charge in [-0.15, -0.1) is 0 Å². The molecule has 2 atom stereocenters. The Hall–Kier alpha value is -2.08. The number of nitrogens with zero attached hydrogens (tertiary/aromatic N) is 1. The second kappa shape index (κ2) is 7.21. The fourth-order valence-electron chi connectivity index (χ4n) is 3.65. The molecular weight excluding hydrogens is 306 g/mol. The third-order valence-electron chi connectivity index (χ3n) is 4.99. The minimum atomic E-state index is -0.0237. The number of hydrogen-bond acceptors (Lipinski definition) is 4. The first kappa shape index (κ1) is 16.8. The number of amides is 2. The number of benzene rings is 1. The monoisotopic (exact) mass is 331 g/mol. The highest BCUT2D eigenvalue weighted by atomic mass is 16.5. The zero-order chi connectivity index (χ0) is 17.1. The summed E-state index contributed by atoms with van der Waals surface area (Å²) < 4.78 is 5.41. The fraction of sp³-hybridized carbons (Fsp3) is 0.556. The Balaban J connectivity index is 1.68. The first-order valence-electron chi connectivity index (χ1n) is 8.62. The molecule has 2 amide bonds. The van der Waals surface area contributed by atoms with Crippen LogP contribution < -0.4 is 20.7 Å². The first-order chi connectivity index (χ1) is 11.6. The number of carbonyl (C=O) groups excluding carboxylic acids is 2. The summed E-state index contributed by atoms with van der Waals surface area (Å²) in [6.07, 6.45) is 5.02. The van der Waals surface area contributed by atoms with Crippen molar-refractivity contribution in [3.8, 4) is 5.75 Å². The van der Waals surface area contributed by atoms with Gasteiger partial charge in [0.1, 0.15) is 5.75 Å². The standard InChI is InChI=1S/C18H25N3O3/c1-24-16-11-13(7-8-15(16)21-9-3-6-18(21)23)20-17(22)10-12-4-2-5-14(12)19/h7-8,11-12,14H,2-6,9-10,19H2,1H3,(H,20,22)/t12-,14+/m0/s1. The predicted octanol–water partition coefficient (Wildman–Crippen LogP) is 2.28. The van der Waals surface area contributed by atoms with E-state index in [9.17, 15) is 9.59 Å². The van der Waals surface area contributed by atoms with Crippen LogP contribution in [0.2, 0.25) is 0 Å². The van der Waals surface area contributed by atoms with Crippen molar-refractivity contribution >= 4 is 23.2 Å². The van der Waals surface area contributed by atoms with Crippen LogP contribution in [0.1, 0.15) is 38.5 Å². The molecule has 0 aromatic heterocycles. The lowest BCUT2D eigenvalue weighted by atomic mass is 10.00. The second-order valence-electron chi connectivity index (χ2n) is 6.64. The van der Waals surface area contributed by atoms with Crippen molar-refractivity contribution in [2.24, 2.45) is 11.7 Å². The molecule has 2 fully saturated rings. The van der Waals surface area contributed by atoms with Crippen LogP contribution in [0.4, 0.5) is 11.4 Å². The van der Waals surface area contributed by atoms with Crippen LogP contribution in [-0.2, 0) is 9.59 Å². The van der Waals surface area contributed by atoms with Crippen LogP contribution in [0.25, 0.3) is 0 Å². The molecule has 6 nitrogen and oxygen atoms in total. The van der Waals surface area contributed by atoms with Gasteiger partial charge in [0.2, 0.25) is 11.8 Å². The molecule has 1 saturated carbocycles. The summed E-state index contributed by atoms with van der Waals surface area (Å²) >= 11 is 0. The first-order valence-corrected chi connectivity index (χ1v) is 8.62. The van der Waals surface area contributed by atoms with Gasteiger partial charge >= 0.3 is 0 Å². The number of nitrogens with one attached hydrogen (secondary N) is 1. The van der Waals surface area contributed by atoms with E-state index in [1.807, 2.05) is 12.1 Å². The third kappa shape index (κ3) is 3.53. The van der Waals surface area contributed by atoms with E-state index < -0.39 is 0 Å². The summed E-state index contributed by atoms with van der Waals surface area (Å²) in [7, 11) is 1.57. The Kier molecular flexibility index (Phi) is 5.04. The van der Waals surface area contributed by atoms with Crippen LogP contribution in [0.5, 0.6) is 5.75 Å². The molecule has 24 heavy (non-hydrogen) atoms. The fourth-order valence-corrected chi connectivity index (χ4v) is 3.65. The predicted molar refractivity (Wildman–Crippen MR) is 93.1 cm³/mol. The molecule has 0 radical (unpaired) electrons. The van der Waals surface area contributed by atoms with Crippen LogP contribution in [0.3, 0.4) is 0 Å². The smallest absolute Gasteiger partial charge is 0.227 e. The van der Waals surface area contributed by atoms with E-state index in [2.05, 4.69) is 5.32 Å². The van der Waals surface area contributed by atoms with Gasteiger partial charge in [-0.1, -0.05) is 6.42 Å². The second-order valence-corrected chi connectivity index (χ2v) is 6.64. The van der Waals surface area contributed by atoms with Gasteiger partial charge in [-0.2, -0.15) is 0 Å². The molecule has 0 spiro atoms. The third-order valence-corrected chi connectivity index (χ3v) is 4.99. The summed E-state index contributed by atoms with van der Waals surface area (Å²) in [6.45, 7) is 0.709. The molecule has 0 bridgehead atoms. The summed E-state index contributed by atoms with van der Waals surface area (Å²) in [6, 6.07) is 5.55. The van der Waals surface area contributed by atoms with E-state index in [1.54, 1.807) is 18.1 Å². The summed E-state index contributed by atoms with van der Waals surface area (Å²) in [5, 5.41) is 2.92. The number of ether oxygens (including phenoxy) is 1. The Morgan fingerprint density at radius 1 is 1.38 bits per heavy atom. The Morgan fingerprint density at radius 3 is 2.83 bits per heavy atom. The maximum atomic E-state index is 12.2. The van der Waals surface area contributed by atoms with Crippen molar-refractivity contribution in [1.82, 2.24) is 0 Å². The topological polar surface area (TPSA) is 84.7 Å². The minimum Gasteiger partial charge on any atom is -0.494 e. The number of hydrogen-bond donors (Lipinski definition) is 2. The van der Waals surface area contributed by atoms with E-state index in [0.29, 0.717) is 30.8 Å². The van der Waals surface area contributed by atoms with E-state index in [0.717, 1.165) is 31.4 Å². The SMILES string of the molecule is COc1cc(NC(=O)C[C@@H]2CCC[C@H]2N)ccc1N1CCCC1=O. The zero-order valence-corrected chi connectivity index (χ0v) is 14.1. The molecule has 130 valence electrons. The average Bonchev–Trinajstić information content (AvgIpc) is 3.16. The maximum Gasteiger partial charge on any atom is 0.227 e. The largest absolute Gasteiger partial charge is 0.494 e. The lowest BCUT2D eigenvalue weighted by Gasteiger charge is -2.20. The van der Waals surface area contributed by atoms with E-state index in [1.165, 1.54) is 0 Å². The molecular formula is C18H25N3O3. The van der Waals surface area contributed by atoms with Gasteiger partial charge in [0.05, 0.1) is 12.8 Å². The Bertz CT molecular complexity index is 632. The minimum absolute atomic E-state index is 0.0237. The van der Waals surface area contributed by atoms with Crippen LogP contribution in [0.15, 0.2) is 18.2 Å². The summed E-state index contributed by atoms with van der Waals surface area (Å²) in [5.74, 6) is 0.957. The molecule has 1 aliphatic carbocycles. The molecule has 0 unspecified atom stereocenters. The number of anilines is 2. The highest BCUT2D eigenvalue weighted by molar-refractivity contribution is 5.98. The Morgan fingerprint density at radius 2 is 2.21 bits per heavy atom. The van der Waals surface area contributed by atoms with Crippen molar-refractivity contribution in [1.29, 1.82) is 0 Å². The normalized spacial score (nSPS) is 23.6. The highest BCUT2D eigenvalue weighted by Gasteiger charge is 2.27. The zero-order valence-electron chi connectivity index (χ0n) is 14.1. The van der Waals surface area contributed by atoms with Crippen molar-refractivity contribution in [2.75, 3.05) is 23.9 Å². The number of methoxy groups -OCH3 is 1. The molecule has 3 rings (SSSR count). The Labute approximate surface area is 142 Å². The van der Waals surface area contributed by atoms with Crippen molar-refractivity contribution < 1.29 is 14.3 Å². The van der Waals surface area contributed by atoms with E-state index in [-0.39, 0.29) is 23.8 Å². The van der Waals surface area contributed by atoms with Crippen LogP contribution >= 0.6 is 0 Å². The highest BCUT2D eigenvalue weighted by Crippen LogP contribution is 2.34.